The van der Waals surface area contributed by atoms with Crippen LogP contribution in [0.3, 0.4) is 0 Å². The second-order valence-corrected chi connectivity index (χ2v) is 5.76. The van der Waals surface area contributed by atoms with Gasteiger partial charge in [0.25, 0.3) is 0 Å². The molecule has 1 fully saturated rings. The molecule has 0 aromatic rings. The SMILES string of the molecule is CC1CCC(NC(=O)C(Br)C(C)C)C1. The molecule has 0 aromatic carbocycles. The molecule has 3 unspecified atom stereocenters. The number of carbonyl (C=O) groups is 1. The first-order valence-electron chi connectivity index (χ1n) is 5.45. The van der Waals surface area contributed by atoms with E-state index in [0.29, 0.717) is 12.0 Å². The van der Waals surface area contributed by atoms with E-state index in [1.807, 2.05) is 0 Å². The van der Waals surface area contributed by atoms with Crippen molar-refractivity contribution in [1.82, 2.24) is 5.32 Å². The molecule has 1 aliphatic rings. The smallest absolute Gasteiger partial charge is 0.234 e. The lowest BCUT2D eigenvalue weighted by Gasteiger charge is -2.17. The van der Waals surface area contributed by atoms with Gasteiger partial charge in [0.1, 0.15) is 0 Å². The molecule has 0 aromatic heterocycles. The molecule has 0 spiro atoms. The van der Waals surface area contributed by atoms with Crippen molar-refractivity contribution < 1.29 is 4.79 Å². The van der Waals surface area contributed by atoms with Crippen molar-refractivity contribution in [3.05, 3.63) is 0 Å². The minimum atomic E-state index is -0.0431. The van der Waals surface area contributed by atoms with Crippen molar-refractivity contribution in [2.45, 2.75) is 50.9 Å². The van der Waals surface area contributed by atoms with Gasteiger partial charge in [-0.2, -0.15) is 0 Å². The topological polar surface area (TPSA) is 29.1 Å². The molecular weight excluding hydrogens is 242 g/mol. The maximum Gasteiger partial charge on any atom is 0.234 e. The summed E-state index contributed by atoms with van der Waals surface area (Å²) in [5.74, 6) is 1.28. The molecule has 3 heteroatoms. The van der Waals surface area contributed by atoms with Crippen LogP contribution in [0.15, 0.2) is 0 Å². The number of alkyl halides is 1. The van der Waals surface area contributed by atoms with E-state index in [9.17, 15) is 4.79 Å². The number of amides is 1. The number of carbonyl (C=O) groups excluding carboxylic acids is 1. The van der Waals surface area contributed by atoms with Crippen molar-refractivity contribution in [3.63, 3.8) is 0 Å². The van der Waals surface area contributed by atoms with Crippen molar-refractivity contribution >= 4 is 21.8 Å². The van der Waals surface area contributed by atoms with E-state index in [1.54, 1.807) is 0 Å². The van der Waals surface area contributed by atoms with Crippen molar-refractivity contribution in [2.24, 2.45) is 11.8 Å². The molecule has 1 amide bonds. The average molecular weight is 262 g/mol. The van der Waals surface area contributed by atoms with Crippen molar-refractivity contribution in [3.8, 4) is 0 Å². The second-order valence-electron chi connectivity index (χ2n) is 4.77. The van der Waals surface area contributed by atoms with Gasteiger partial charge in [-0.25, -0.2) is 0 Å². The summed E-state index contributed by atoms with van der Waals surface area (Å²) in [4.78, 5) is 11.6. The van der Waals surface area contributed by atoms with Gasteiger partial charge < -0.3 is 5.32 Å². The quantitative estimate of drug-likeness (QED) is 0.778. The highest BCUT2D eigenvalue weighted by molar-refractivity contribution is 9.10. The van der Waals surface area contributed by atoms with E-state index in [4.69, 9.17) is 0 Å². The van der Waals surface area contributed by atoms with E-state index < -0.39 is 0 Å². The van der Waals surface area contributed by atoms with Crippen LogP contribution in [0.2, 0.25) is 0 Å². The molecule has 2 nitrogen and oxygen atoms in total. The Bertz CT molecular complexity index is 205. The van der Waals surface area contributed by atoms with Gasteiger partial charge in [0.2, 0.25) is 5.91 Å². The van der Waals surface area contributed by atoms with Crippen molar-refractivity contribution in [2.75, 3.05) is 0 Å². The van der Waals surface area contributed by atoms with E-state index in [1.165, 1.54) is 6.42 Å². The zero-order chi connectivity index (χ0) is 10.7. The molecule has 0 aliphatic heterocycles. The second kappa shape index (κ2) is 5.15. The van der Waals surface area contributed by atoms with Crippen LogP contribution < -0.4 is 5.32 Å². The first kappa shape index (κ1) is 12.0. The zero-order valence-electron chi connectivity index (χ0n) is 9.22. The Balaban J connectivity index is 2.33. The summed E-state index contributed by atoms with van der Waals surface area (Å²) in [5, 5.41) is 3.10. The molecule has 14 heavy (non-hydrogen) atoms. The Hall–Kier alpha value is -0.0500. The van der Waals surface area contributed by atoms with E-state index in [0.717, 1.165) is 18.8 Å². The van der Waals surface area contributed by atoms with Crippen LogP contribution in [0.4, 0.5) is 0 Å². The fourth-order valence-corrected chi connectivity index (χ4v) is 2.05. The minimum absolute atomic E-state index is 0.0431. The Morgan fingerprint density at radius 1 is 1.43 bits per heavy atom. The molecular formula is C11H20BrNO. The lowest BCUT2D eigenvalue weighted by Crippen LogP contribution is -2.39. The number of hydrogen-bond donors (Lipinski definition) is 1. The van der Waals surface area contributed by atoms with Gasteiger partial charge in [0.05, 0.1) is 4.83 Å². The lowest BCUT2D eigenvalue weighted by molar-refractivity contribution is -0.121. The normalized spacial score (nSPS) is 29.2. The minimum Gasteiger partial charge on any atom is -0.352 e. The molecule has 3 atom stereocenters. The predicted molar refractivity (Wildman–Crippen MR) is 62.5 cm³/mol. The Morgan fingerprint density at radius 2 is 2.07 bits per heavy atom. The summed E-state index contributed by atoms with van der Waals surface area (Å²) in [5.41, 5.74) is 0. The van der Waals surface area contributed by atoms with Gasteiger partial charge >= 0.3 is 0 Å². The summed E-state index contributed by atoms with van der Waals surface area (Å²) in [6.07, 6.45) is 3.54. The molecule has 0 heterocycles. The largest absolute Gasteiger partial charge is 0.352 e. The molecule has 0 radical (unpaired) electrons. The molecule has 0 bridgehead atoms. The molecule has 0 saturated heterocycles. The Kier molecular flexibility index (Phi) is 4.42. The fourth-order valence-electron chi connectivity index (χ4n) is 1.92. The summed E-state index contributed by atoms with van der Waals surface area (Å²) in [7, 11) is 0. The van der Waals surface area contributed by atoms with Crippen LogP contribution in [0.5, 0.6) is 0 Å². The molecule has 1 rings (SSSR count). The summed E-state index contributed by atoms with van der Waals surface area (Å²) in [6, 6.07) is 0.413. The molecule has 1 saturated carbocycles. The highest BCUT2D eigenvalue weighted by Crippen LogP contribution is 2.25. The van der Waals surface area contributed by atoms with Crippen LogP contribution in [0.25, 0.3) is 0 Å². The highest BCUT2D eigenvalue weighted by atomic mass is 79.9. The molecule has 82 valence electrons. The maximum absolute atomic E-state index is 11.7. The van der Waals surface area contributed by atoms with Crippen LogP contribution in [-0.4, -0.2) is 16.8 Å². The van der Waals surface area contributed by atoms with E-state index in [2.05, 4.69) is 42.0 Å². The van der Waals surface area contributed by atoms with Gasteiger partial charge in [0.15, 0.2) is 0 Å². The predicted octanol–water partition coefficient (Wildman–Crippen LogP) is 2.71. The number of hydrogen-bond acceptors (Lipinski definition) is 1. The third-order valence-electron chi connectivity index (χ3n) is 2.88. The van der Waals surface area contributed by atoms with Gasteiger partial charge in [-0.3, -0.25) is 4.79 Å². The van der Waals surface area contributed by atoms with E-state index >= 15 is 0 Å². The molecule has 1 N–H and O–H groups in total. The van der Waals surface area contributed by atoms with Crippen molar-refractivity contribution in [1.29, 1.82) is 0 Å². The molecule has 1 aliphatic carbocycles. The summed E-state index contributed by atoms with van der Waals surface area (Å²) in [6.45, 7) is 6.35. The average Bonchev–Trinajstić information content (AvgIpc) is 2.49. The number of nitrogens with one attached hydrogen (secondary N) is 1. The van der Waals surface area contributed by atoms with Gasteiger partial charge in [0, 0.05) is 6.04 Å². The highest BCUT2D eigenvalue weighted by Gasteiger charge is 2.26. The summed E-state index contributed by atoms with van der Waals surface area (Å²) >= 11 is 3.42. The maximum atomic E-state index is 11.7. The standard InChI is InChI=1S/C11H20BrNO/c1-7(2)10(12)11(14)13-9-5-4-8(3)6-9/h7-10H,4-6H2,1-3H3,(H,13,14). The van der Waals surface area contributed by atoms with Crippen LogP contribution in [0, 0.1) is 11.8 Å². The van der Waals surface area contributed by atoms with Gasteiger partial charge in [-0.05, 0) is 31.1 Å². The third-order valence-corrected chi connectivity index (χ3v) is 4.35. The Morgan fingerprint density at radius 3 is 2.50 bits per heavy atom. The number of halogens is 1. The van der Waals surface area contributed by atoms with Crippen LogP contribution in [-0.2, 0) is 4.79 Å². The fraction of sp³-hybridized carbons (Fsp3) is 0.909. The van der Waals surface area contributed by atoms with Crippen LogP contribution in [0.1, 0.15) is 40.0 Å². The van der Waals surface area contributed by atoms with Crippen LogP contribution >= 0.6 is 15.9 Å². The summed E-state index contributed by atoms with van der Waals surface area (Å²) < 4.78 is 0. The van der Waals surface area contributed by atoms with Gasteiger partial charge in [-0.1, -0.05) is 36.7 Å². The first-order chi connectivity index (χ1) is 6.50. The van der Waals surface area contributed by atoms with E-state index in [-0.39, 0.29) is 10.7 Å². The monoisotopic (exact) mass is 261 g/mol. The third kappa shape index (κ3) is 3.26. The Labute approximate surface area is 95.0 Å². The number of rotatable bonds is 3. The lowest BCUT2D eigenvalue weighted by atomic mass is 10.1. The zero-order valence-corrected chi connectivity index (χ0v) is 10.8. The first-order valence-corrected chi connectivity index (χ1v) is 6.36. The van der Waals surface area contributed by atoms with Gasteiger partial charge in [-0.15, -0.1) is 0 Å².